The summed E-state index contributed by atoms with van der Waals surface area (Å²) in [6, 6.07) is 6.60. The molecule has 0 radical (unpaired) electrons. The molecule has 0 spiro atoms. The summed E-state index contributed by atoms with van der Waals surface area (Å²) in [5, 5.41) is 3.22. The Morgan fingerprint density at radius 2 is 2.10 bits per heavy atom. The minimum Gasteiger partial charge on any atom is -0.335 e. The van der Waals surface area contributed by atoms with Crippen molar-refractivity contribution in [2.75, 3.05) is 13.1 Å². The summed E-state index contributed by atoms with van der Waals surface area (Å²) >= 11 is 0. The molecular weight excluding hydrogens is 262 g/mol. The second kappa shape index (κ2) is 6.92. The Kier molecular flexibility index (Phi) is 4.73. The fourth-order valence-electron chi connectivity index (χ4n) is 3.51. The van der Waals surface area contributed by atoms with E-state index in [1.165, 1.54) is 19.3 Å². The fourth-order valence-corrected chi connectivity index (χ4v) is 3.51. The van der Waals surface area contributed by atoms with Crippen molar-refractivity contribution < 1.29 is 4.79 Å². The third-order valence-electron chi connectivity index (χ3n) is 4.73. The van der Waals surface area contributed by atoms with Crippen LogP contribution >= 0.6 is 0 Å². The molecule has 1 unspecified atom stereocenters. The predicted octanol–water partition coefficient (Wildman–Crippen LogP) is 2.99. The smallest absolute Gasteiger partial charge is 0.317 e. The zero-order valence-corrected chi connectivity index (χ0v) is 12.6. The number of likely N-dealkylation sites (tertiary alicyclic amines) is 1. The lowest BCUT2D eigenvalue weighted by Crippen LogP contribution is -2.44. The highest BCUT2D eigenvalue weighted by molar-refractivity contribution is 5.74. The zero-order chi connectivity index (χ0) is 14.5. The zero-order valence-electron chi connectivity index (χ0n) is 12.6. The summed E-state index contributed by atoms with van der Waals surface area (Å²) in [7, 11) is 0. The maximum atomic E-state index is 12.3. The van der Waals surface area contributed by atoms with Gasteiger partial charge in [0.15, 0.2) is 0 Å². The first-order valence-corrected chi connectivity index (χ1v) is 8.26. The van der Waals surface area contributed by atoms with E-state index in [0.717, 1.165) is 44.5 Å². The summed E-state index contributed by atoms with van der Waals surface area (Å²) in [6.07, 6.45) is 10.1. The summed E-state index contributed by atoms with van der Waals surface area (Å²) in [4.78, 5) is 18.7. The Balaban J connectivity index is 1.46. The Hall–Kier alpha value is -1.58. The van der Waals surface area contributed by atoms with Crippen molar-refractivity contribution >= 4 is 6.03 Å². The molecule has 2 aliphatic rings. The maximum absolute atomic E-state index is 12.3. The van der Waals surface area contributed by atoms with Crippen LogP contribution in [0.25, 0.3) is 0 Å². The molecular formula is C17H25N3O. The number of carbonyl (C=O) groups is 1. The summed E-state index contributed by atoms with van der Waals surface area (Å²) < 4.78 is 0. The van der Waals surface area contributed by atoms with Crippen molar-refractivity contribution in [1.82, 2.24) is 15.2 Å². The van der Waals surface area contributed by atoms with Gasteiger partial charge in [0.05, 0.1) is 0 Å². The maximum Gasteiger partial charge on any atom is 0.317 e. The van der Waals surface area contributed by atoms with Crippen LogP contribution in [0, 0.1) is 5.92 Å². The van der Waals surface area contributed by atoms with Crippen LogP contribution < -0.4 is 5.32 Å². The van der Waals surface area contributed by atoms with Gasteiger partial charge in [-0.05, 0) is 43.7 Å². The molecule has 1 saturated heterocycles. The van der Waals surface area contributed by atoms with Crippen LogP contribution in [0.5, 0.6) is 0 Å². The average molecular weight is 287 g/mol. The molecule has 1 aliphatic heterocycles. The van der Waals surface area contributed by atoms with Crippen molar-refractivity contribution in [1.29, 1.82) is 0 Å². The van der Waals surface area contributed by atoms with E-state index in [1.807, 2.05) is 23.2 Å². The van der Waals surface area contributed by atoms with Gasteiger partial charge in [0.25, 0.3) is 0 Å². The lowest BCUT2D eigenvalue weighted by Gasteiger charge is -2.26. The standard InChI is InChI=1S/C17H25N3O/c21-17(19-15-6-2-1-3-7-15)20-11-9-14(13-20)12-16-8-4-5-10-18-16/h4-5,8,10,14-15H,1-3,6-7,9,11-13H2,(H,19,21). The van der Waals surface area contributed by atoms with Gasteiger partial charge in [-0.3, -0.25) is 4.98 Å². The van der Waals surface area contributed by atoms with Gasteiger partial charge in [-0.1, -0.05) is 25.3 Å². The minimum absolute atomic E-state index is 0.144. The molecule has 2 heterocycles. The molecule has 3 rings (SSSR count). The second-order valence-corrected chi connectivity index (χ2v) is 6.41. The summed E-state index contributed by atoms with van der Waals surface area (Å²) in [5.41, 5.74) is 1.14. The van der Waals surface area contributed by atoms with Crippen molar-refractivity contribution in [3.8, 4) is 0 Å². The van der Waals surface area contributed by atoms with Gasteiger partial charge in [-0.2, -0.15) is 0 Å². The lowest BCUT2D eigenvalue weighted by atomic mass is 9.96. The van der Waals surface area contributed by atoms with E-state index in [2.05, 4.69) is 16.4 Å². The normalized spacial score (nSPS) is 23.2. The van der Waals surface area contributed by atoms with Crippen LogP contribution in [0.4, 0.5) is 4.79 Å². The highest BCUT2D eigenvalue weighted by Crippen LogP contribution is 2.21. The first kappa shape index (κ1) is 14.4. The van der Waals surface area contributed by atoms with Crippen LogP contribution in [0.3, 0.4) is 0 Å². The topological polar surface area (TPSA) is 45.2 Å². The molecule has 2 amide bonds. The number of nitrogens with one attached hydrogen (secondary N) is 1. The third-order valence-corrected chi connectivity index (χ3v) is 4.73. The second-order valence-electron chi connectivity index (χ2n) is 6.41. The number of nitrogens with zero attached hydrogens (tertiary/aromatic N) is 2. The van der Waals surface area contributed by atoms with Gasteiger partial charge in [0.1, 0.15) is 0 Å². The van der Waals surface area contributed by atoms with Gasteiger partial charge in [0, 0.05) is 31.0 Å². The molecule has 1 atom stereocenters. The quantitative estimate of drug-likeness (QED) is 0.929. The van der Waals surface area contributed by atoms with Crippen molar-refractivity contribution in [3.63, 3.8) is 0 Å². The largest absolute Gasteiger partial charge is 0.335 e. The van der Waals surface area contributed by atoms with Crippen molar-refractivity contribution in [2.24, 2.45) is 5.92 Å². The Labute approximate surface area is 126 Å². The van der Waals surface area contributed by atoms with E-state index >= 15 is 0 Å². The SMILES string of the molecule is O=C(NC1CCCCC1)N1CCC(Cc2ccccn2)C1. The number of aromatic nitrogens is 1. The van der Waals surface area contributed by atoms with E-state index in [4.69, 9.17) is 0 Å². The molecule has 4 heteroatoms. The summed E-state index contributed by atoms with van der Waals surface area (Å²) in [6.45, 7) is 1.76. The number of pyridine rings is 1. The van der Waals surface area contributed by atoms with Gasteiger partial charge < -0.3 is 10.2 Å². The van der Waals surface area contributed by atoms with E-state index in [9.17, 15) is 4.79 Å². The van der Waals surface area contributed by atoms with Crippen LogP contribution in [0.1, 0.15) is 44.2 Å². The summed E-state index contributed by atoms with van der Waals surface area (Å²) in [5.74, 6) is 0.553. The molecule has 0 bridgehead atoms. The van der Waals surface area contributed by atoms with Crippen molar-refractivity contribution in [3.05, 3.63) is 30.1 Å². The third kappa shape index (κ3) is 3.96. The van der Waals surface area contributed by atoms with Gasteiger partial charge in [-0.15, -0.1) is 0 Å². The molecule has 2 fully saturated rings. The molecule has 1 aromatic rings. The van der Waals surface area contributed by atoms with E-state index < -0.39 is 0 Å². The Bertz CT molecular complexity index is 456. The first-order valence-electron chi connectivity index (χ1n) is 8.26. The van der Waals surface area contributed by atoms with Crippen LogP contribution in [0.2, 0.25) is 0 Å². The number of hydrogen-bond acceptors (Lipinski definition) is 2. The van der Waals surface area contributed by atoms with Crippen molar-refractivity contribution in [2.45, 2.75) is 51.0 Å². The molecule has 4 nitrogen and oxygen atoms in total. The number of rotatable bonds is 3. The van der Waals surface area contributed by atoms with Gasteiger partial charge in [-0.25, -0.2) is 4.79 Å². The van der Waals surface area contributed by atoms with E-state index in [-0.39, 0.29) is 6.03 Å². The molecule has 1 saturated carbocycles. The average Bonchev–Trinajstić information content (AvgIpc) is 2.98. The number of carbonyl (C=O) groups excluding carboxylic acids is 1. The Morgan fingerprint density at radius 1 is 1.24 bits per heavy atom. The van der Waals surface area contributed by atoms with Gasteiger partial charge in [0.2, 0.25) is 0 Å². The highest BCUT2D eigenvalue weighted by Gasteiger charge is 2.28. The van der Waals surface area contributed by atoms with E-state index in [0.29, 0.717) is 12.0 Å². The molecule has 0 aromatic carbocycles. The van der Waals surface area contributed by atoms with Crippen LogP contribution in [0.15, 0.2) is 24.4 Å². The molecule has 1 N–H and O–H groups in total. The molecule has 1 aromatic heterocycles. The monoisotopic (exact) mass is 287 g/mol. The molecule has 1 aliphatic carbocycles. The lowest BCUT2D eigenvalue weighted by molar-refractivity contribution is 0.199. The molecule has 21 heavy (non-hydrogen) atoms. The Morgan fingerprint density at radius 3 is 2.86 bits per heavy atom. The minimum atomic E-state index is 0.144. The molecule has 114 valence electrons. The number of amides is 2. The fraction of sp³-hybridized carbons (Fsp3) is 0.647. The van der Waals surface area contributed by atoms with Gasteiger partial charge >= 0.3 is 6.03 Å². The first-order chi connectivity index (χ1) is 10.3. The number of hydrogen-bond donors (Lipinski definition) is 1. The van der Waals surface area contributed by atoms with Crippen LogP contribution in [-0.2, 0) is 6.42 Å². The highest BCUT2D eigenvalue weighted by atomic mass is 16.2. The van der Waals surface area contributed by atoms with E-state index in [1.54, 1.807) is 0 Å². The predicted molar refractivity (Wildman–Crippen MR) is 83.0 cm³/mol. The number of urea groups is 1. The van der Waals surface area contributed by atoms with Crippen LogP contribution in [-0.4, -0.2) is 35.0 Å².